The summed E-state index contributed by atoms with van der Waals surface area (Å²) in [6.07, 6.45) is 3.30. The highest BCUT2D eigenvalue weighted by molar-refractivity contribution is 5.94. The fourth-order valence-corrected chi connectivity index (χ4v) is 3.10. The summed E-state index contributed by atoms with van der Waals surface area (Å²) in [6.45, 7) is 2.60. The summed E-state index contributed by atoms with van der Waals surface area (Å²) in [4.78, 5) is 24.9. The molecule has 0 aromatic carbocycles. The molecule has 9 nitrogen and oxygen atoms in total. The highest BCUT2D eigenvalue weighted by atomic mass is 16.5. The van der Waals surface area contributed by atoms with E-state index in [2.05, 4.69) is 30.4 Å². The van der Waals surface area contributed by atoms with Gasteiger partial charge in [0.1, 0.15) is 5.82 Å². The normalized spacial score (nSPS) is 13.8. The highest BCUT2D eigenvalue weighted by Crippen LogP contribution is 2.18. The Morgan fingerprint density at radius 3 is 2.52 bits per heavy atom. The van der Waals surface area contributed by atoms with Crippen molar-refractivity contribution in [2.45, 2.75) is 0 Å². The van der Waals surface area contributed by atoms with E-state index in [9.17, 15) is 4.79 Å². The number of pyridine rings is 2. The van der Waals surface area contributed by atoms with Crippen LogP contribution in [0.2, 0.25) is 0 Å². The molecule has 0 saturated carbocycles. The quantitative estimate of drug-likeness (QED) is 0.705. The van der Waals surface area contributed by atoms with E-state index in [-0.39, 0.29) is 5.91 Å². The Bertz CT molecular complexity index is 958. The van der Waals surface area contributed by atoms with Crippen LogP contribution >= 0.6 is 0 Å². The summed E-state index contributed by atoms with van der Waals surface area (Å²) in [6, 6.07) is 12.8. The monoisotopic (exact) mass is 391 g/mol. The van der Waals surface area contributed by atoms with Gasteiger partial charge in [0.15, 0.2) is 11.6 Å². The van der Waals surface area contributed by atoms with Crippen molar-refractivity contribution in [2.24, 2.45) is 0 Å². The van der Waals surface area contributed by atoms with Crippen molar-refractivity contribution in [3.63, 3.8) is 0 Å². The minimum atomic E-state index is -0.0219. The van der Waals surface area contributed by atoms with Gasteiger partial charge >= 0.3 is 0 Å². The van der Waals surface area contributed by atoms with Crippen molar-refractivity contribution in [1.82, 2.24) is 25.1 Å². The van der Waals surface area contributed by atoms with Crippen molar-refractivity contribution >= 4 is 23.4 Å². The molecule has 1 aliphatic rings. The number of rotatable bonds is 5. The Morgan fingerprint density at radius 2 is 1.83 bits per heavy atom. The number of hydrogen-bond donors (Lipinski definition) is 1. The maximum absolute atomic E-state index is 12.7. The predicted molar refractivity (Wildman–Crippen MR) is 108 cm³/mol. The molecule has 0 bridgehead atoms. The van der Waals surface area contributed by atoms with Gasteiger partial charge in [-0.1, -0.05) is 6.07 Å². The van der Waals surface area contributed by atoms with E-state index >= 15 is 0 Å². The summed E-state index contributed by atoms with van der Waals surface area (Å²) in [5, 5.41) is 11.6. The lowest BCUT2D eigenvalue weighted by Crippen LogP contribution is -2.49. The SMILES string of the molecule is COc1cc(C(=O)N2CCN(c3ccc(Nc4ccccn4)nn3)CC2)ccn1. The molecule has 0 atom stereocenters. The molecule has 3 aromatic rings. The van der Waals surface area contributed by atoms with Gasteiger partial charge in [0.2, 0.25) is 5.88 Å². The Kier molecular flexibility index (Phi) is 5.46. The zero-order chi connectivity index (χ0) is 20.1. The Balaban J connectivity index is 1.35. The molecule has 0 unspecified atom stereocenters. The van der Waals surface area contributed by atoms with Crippen LogP contribution in [0.3, 0.4) is 0 Å². The summed E-state index contributed by atoms with van der Waals surface area (Å²) in [5.41, 5.74) is 0.579. The van der Waals surface area contributed by atoms with Gasteiger partial charge in [-0.25, -0.2) is 9.97 Å². The lowest BCUT2D eigenvalue weighted by Gasteiger charge is -2.35. The summed E-state index contributed by atoms with van der Waals surface area (Å²) >= 11 is 0. The molecule has 0 aliphatic carbocycles. The predicted octanol–water partition coefficient (Wildman–Crippen LogP) is 1.98. The lowest BCUT2D eigenvalue weighted by molar-refractivity contribution is 0.0746. The van der Waals surface area contributed by atoms with E-state index in [4.69, 9.17) is 4.74 Å². The number of methoxy groups -OCH3 is 1. The number of aromatic nitrogens is 4. The Labute approximate surface area is 168 Å². The van der Waals surface area contributed by atoms with Crippen LogP contribution in [0.4, 0.5) is 17.5 Å². The maximum Gasteiger partial charge on any atom is 0.254 e. The second kappa shape index (κ2) is 8.51. The number of piperazine rings is 1. The molecule has 4 rings (SSSR count). The molecule has 1 N–H and O–H groups in total. The van der Waals surface area contributed by atoms with Gasteiger partial charge in [-0.15, -0.1) is 10.2 Å². The van der Waals surface area contributed by atoms with Crippen molar-refractivity contribution in [2.75, 3.05) is 43.5 Å². The zero-order valence-electron chi connectivity index (χ0n) is 16.0. The number of hydrogen-bond acceptors (Lipinski definition) is 8. The molecule has 1 fully saturated rings. The lowest BCUT2D eigenvalue weighted by atomic mass is 10.2. The van der Waals surface area contributed by atoms with E-state index < -0.39 is 0 Å². The summed E-state index contributed by atoms with van der Waals surface area (Å²) in [5.74, 6) is 2.55. The van der Waals surface area contributed by atoms with Crippen molar-refractivity contribution < 1.29 is 9.53 Å². The first-order valence-corrected chi connectivity index (χ1v) is 9.29. The maximum atomic E-state index is 12.7. The summed E-state index contributed by atoms with van der Waals surface area (Å²) in [7, 11) is 1.54. The molecule has 29 heavy (non-hydrogen) atoms. The molecule has 0 spiro atoms. The molecule has 4 heterocycles. The molecule has 1 saturated heterocycles. The molecular weight excluding hydrogens is 370 g/mol. The third-order valence-electron chi connectivity index (χ3n) is 4.65. The number of nitrogens with zero attached hydrogens (tertiary/aromatic N) is 6. The Hall–Kier alpha value is -3.75. The van der Waals surface area contributed by atoms with Crippen LogP contribution in [0.15, 0.2) is 54.9 Å². The average Bonchev–Trinajstić information content (AvgIpc) is 2.80. The van der Waals surface area contributed by atoms with Crippen LogP contribution < -0.4 is 15.0 Å². The van der Waals surface area contributed by atoms with E-state index in [1.165, 1.54) is 7.11 Å². The molecular formula is C20H21N7O2. The number of amides is 1. The second-order valence-corrected chi connectivity index (χ2v) is 6.48. The van der Waals surface area contributed by atoms with Gasteiger partial charge in [0.25, 0.3) is 5.91 Å². The summed E-state index contributed by atoms with van der Waals surface area (Å²) < 4.78 is 5.10. The van der Waals surface area contributed by atoms with E-state index in [0.717, 1.165) is 11.6 Å². The first kappa shape index (κ1) is 18.6. The fraction of sp³-hybridized carbons (Fsp3) is 0.250. The van der Waals surface area contributed by atoms with E-state index in [0.29, 0.717) is 43.4 Å². The first-order chi connectivity index (χ1) is 14.2. The van der Waals surface area contributed by atoms with Crippen LogP contribution in [0.25, 0.3) is 0 Å². The minimum Gasteiger partial charge on any atom is -0.481 e. The van der Waals surface area contributed by atoms with E-state index in [1.807, 2.05) is 35.2 Å². The molecule has 148 valence electrons. The zero-order valence-corrected chi connectivity index (χ0v) is 16.0. The average molecular weight is 391 g/mol. The van der Waals surface area contributed by atoms with Gasteiger partial charge < -0.3 is 19.9 Å². The smallest absolute Gasteiger partial charge is 0.254 e. The molecule has 1 aliphatic heterocycles. The number of nitrogens with one attached hydrogen (secondary N) is 1. The Morgan fingerprint density at radius 1 is 0.966 bits per heavy atom. The van der Waals surface area contributed by atoms with Crippen LogP contribution in [-0.2, 0) is 0 Å². The molecule has 9 heteroatoms. The van der Waals surface area contributed by atoms with E-state index in [1.54, 1.807) is 24.5 Å². The van der Waals surface area contributed by atoms with Crippen LogP contribution in [0, 0.1) is 0 Å². The van der Waals surface area contributed by atoms with Gasteiger partial charge in [0, 0.05) is 50.2 Å². The third kappa shape index (κ3) is 4.40. The van der Waals surface area contributed by atoms with Crippen molar-refractivity contribution in [3.8, 4) is 5.88 Å². The topological polar surface area (TPSA) is 96.4 Å². The second-order valence-electron chi connectivity index (χ2n) is 6.48. The standard InChI is InChI=1S/C20H21N7O2/c1-29-19-14-15(7-9-22-19)20(28)27-12-10-26(11-13-27)18-6-5-17(24-25-18)23-16-4-2-3-8-21-16/h2-9,14H,10-13H2,1H3,(H,21,23,24). The minimum absolute atomic E-state index is 0.0219. The van der Waals surface area contributed by atoms with Crippen molar-refractivity contribution in [1.29, 1.82) is 0 Å². The van der Waals surface area contributed by atoms with Crippen LogP contribution in [0.5, 0.6) is 5.88 Å². The number of ether oxygens (including phenoxy) is 1. The third-order valence-corrected chi connectivity index (χ3v) is 4.65. The number of anilines is 3. The molecule has 0 radical (unpaired) electrons. The number of carbonyl (C=O) groups excluding carboxylic acids is 1. The number of carbonyl (C=O) groups is 1. The van der Waals surface area contributed by atoms with Crippen LogP contribution in [0.1, 0.15) is 10.4 Å². The van der Waals surface area contributed by atoms with Crippen molar-refractivity contribution in [3.05, 3.63) is 60.4 Å². The van der Waals surface area contributed by atoms with Gasteiger partial charge in [-0.05, 0) is 30.3 Å². The highest BCUT2D eigenvalue weighted by Gasteiger charge is 2.23. The molecule has 3 aromatic heterocycles. The van der Waals surface area contributed by atoms with Crippen LogP contribution in [-0.4, -0.2) is 64.3 Å². The first-order valence-electron chi connectivity index (χ1n) is 9.29. The fourth-order valence-electron chi connectivity index (χ4n) is 3.10. The largest absolute Gasteiger partial charge is 0.481 e. The molecule has 1 amide bonds. The van der Waals surface area contributed by atoms with Gasteiger partial charge in [-0.3, -0.25) is 4.79 Å². The van der Waals surface area contributed by atoms with Gasteiger partial charge in [-0.2, -0.15) is 0 Å². The van der Waals surface area contributed by atoms with Gasteiger partial charge in [0.05, 0.1) is 7.11 Å².